The molecule has 3 aromatic rings. The summed E-state index contributed by atoms with van der Waals surface area (Å²) in [6.45, 7) is 1.31. The summed E-state index contributed by atoms with van der Waals surface area (Å²) in [6.07, 6.45) is 1.26. The smallest absolute Gasteiger partial charge is 0.325 e. The number of aromatic nitrogens is 2. The van der Waals surface area contributed by atoms with Crippen molar-refractivity contribution in [2.45, 2.75) is 13.0 Å². The zero-order valence-corrected chi connectivity index (χ0v) is 12.6. The predicted octanol–water partition coefficient (Wildman–Crippen LogP) is 1.80. The van der Waals surface area contributed by atoms with Gasteiger partial charge in [-0.2, -0.15) is 0 Å². The number of hydrogen-bond donors (Lipinski definition) is 3. The van der Waals surface area contributed by atoms with Crippen molar-refractivity contribution in [3.05, 3.63) is 42.2 Å². The molecule has 1 aromatic carbocycles. The summed E-state index contributed by atoms with van der Waals surface area (Å²) >= 11 is 0. The maximum Gasteiger partial charge on any atom is 0.325 e. The average molecular weight is 327 g/mol. The topological polar surface area (TPSA) is 126 Å². The van der Waals surface area contributed by atoms with Gasteiger partial charge in [-0.25, -0.2) is 4.98 Å². The van der Waals surface area contributed by atoms with Gasteiger partial charge in [0.15, 0.2) is 17.0 Å². The normalized spacial score (nSPS) is 12.0. The molecule has 0 saturated carbocycles. The highest BCUT2D eigenvalue weighted by molar-refractivity contribution is 6.05. The second-order valence-corrected chi connectivity index (χ2v) is 5.13. The van der Waals surface area contributed by atoms with E-state index >= 15 is 0 Å². The number of aromatic hydroxyl groups is 1. The Labute approximate surface area is 135 Å². The van der Waals surface area contributed by atoms with E-state index in [1.54, 1.807) is 24.3 Å². The van der Waals surface area contributed by atoms with Crippen molar-refractivity contribution in [3.63, 3.8) is 0 Å². The van der Waals surface area contributed by atoms with Crippen LogP contribution < -0.4 is 5.32 Å². The summed E-state index contributed by atoms with van der Waals surface area (Å²) in [5.41, 5.74) is 0.985. The van der Waals surface area contributed by atoms with Gasteiger partial charge < -0.3 is 20.1 Å². The minimum Gasteiger partial charge on any atom is -0.505 e. The summed E-state index contributed by atoms with van der Waals surface area (Å²) in [6, 6.07) is 7.88. The molecule has 0 fully saturated rings. The van der Waals surface area contributed by atoms with Gasteiger partial charge in [0.2, 0.25) is 0 Å². The van der Waals surface area contributed by atoms with Crippen LogP contribution in [0.15, 0.2) is 41.1 Å². The van der Waals surface area contributed by atoms with Crippen molar-refractivity contribution in [1.82, 2.24) is 15.5 Å². The number of rotatable bonds is 4. The van der Waals surface area contributed by atoms with Crippen molar-refractivity contribution >= 4 is 22.8 Å². The maximum absolute atomic E-state index is 12.1. The molecule has 0 bridgehead atoms. The Kier molecular flexibility index (Phi) is 3.87. The highest BCUT2D eigenvalue weighted by Crippen LogP contribution is 2.35. The SMILES string of the molecule is C[C@@H](NC(=O)c1ncc2onc(-c3ccccc3)c2c1O)C(=O)O. The number of carbonyl (C=O) groups excluding carboxylic acids is 1. The molecule has 0 aliphatic rings. The largest absolute Gasteiger partial charge is 0.505 e. The third kappa shape index (κ3) is 2.65. The Morgan fingerprint density at radius 1 is 1.25 bits per heavy atom. The minimum absolute atomic E-state index is 0.217. The van der Waals surface area contributed by atoms with Gasteiger partial charge in [-0.3, -0.25) is 9.59 Å². The maximum atomic E-state index is 12.1. The zero-order chi connectivity index (χ0) is 17.3. The molecule has 1 amide bonds. The molecule has 0 unspecified atom stereocenters. The van der Waals surface area contributed by atoms with Crippen LogP contribution in [0.2, 0.25) is 0 Å². The van der Waals surface area contributed by atoms with Gasteiger partial charge in [-0.05, 0) is 6.92 Å². The van der Waals surface area contributed by atoms with E-state index in [1.807, 2.05) is 6.07 Å². The Morgan fingerprint density at radius 3 is 2.62 bits per heavy atom. The summed E-state index contributed by atoms with van der Waals surface area (Å²) < 4.78 is 5.14. The Bertz CT molecular complexity index is 920. The molecule has 3 N–H and O–H groups in total. The van der Waals surface area contributed by atoms with Crippen LogP contribution in [0.25, 0.3) is 22.2 Å². The number of carboxylic acids is 1. The standard InChI is InChI=1S/C16H13N3O5/c1-8(16(22)23)18-15(21)13-14(20)11-10(7-17-13)24-19-12(11)9-5-3-2-4-6-9/h2-8,20H,1H3,(H,18,21)(H,22,23)/t8-/m1/s1. The van der Waals surface area contributed by atoms with Crippen molar-refractivity contribution in [1.29, 1.82) is 0 Å². The Balaban J connectivity index is 2.07. The molecule has 122 valence electrons. The van der Waals surface area contributed by atoms with Crippen LogP contribution in [0.4, 0.5) is 0 Å². The molecular formula is C16H13N3O5. The molecule has 0 saturated heterocycles. The molecule has 0 aliphatic carbocycles. The molecule has 0 aliphatic heterocycles. The number of nitrogens with one attached hydrogen (secondary N) is 1. The van der Waals surface area contributed by atoms with Crippen LogP contribution in [0.3, 0.4) is 0 Å². The number of fused-ring (bicyclic) bond motifs is 1. The molecule has 0 spiro atoms. The number of benzene rings is 1. The lowest BCUT2D eigenvalue weighted by molar-refractivity contribution is -0.138. The lowest BCUT2D eigenvalue weighted by Crippen LogP contribution is -2.38. The van der Waals surface area contributed by atoms with Crippen LogP contribution in [0.1, 0.15) is 17.4 Å². The van der Waals surface area contributed by atoms with Gasteiger partial charge in [0, 0.05) is 5.56 Å². The van der Waals surface area contributed by atoms with E-state index in [1.165, 1.54) is 13.1 Å². The molecular weight excluding hydrogens is 314 g/mol. The van der Waals surface area contributed by atoms with E-state index in [9.17, 15) is 14.7 Å². The Hall–Kier alpha value is -3.42. The summed E-state index contributed by atoms with van der Waals surface area (Å²) in [5, 5.41) is 25.7. The number of carboxylic acid groups (broad SMARTS) is 1. The zero-order valence-electron chi connectivity index (χ0n) is 12.6. The minimum atomic E-state index is -1.20. The summed E-state index contributed by atoms with van der Waals surface area (Å²) in [7, 11) is 0. The third-order valence-electron chi connectivity index (χ3n) is 3.47. The predicted molar refractivity (Wildman–Crippen MR) is 83.5 cm³/mol. The van der Waals surface area contributed by atoms with Crippen molar-refractivity contribution < 1.29 is 24.3 Å². The second kappa shape index (κ2) is 5.99. The Morgan fingerprint density at radius 2 is 1.96 bits per heavy atom. The summed E-state index contributed by atoms with van der Waals surface area (Å²) in [5.74, 6) is -2.41. The van der Waals surface area contributed by atoms with Crippen molar-refractivity contribution in [3.8, 4) is 17.0 Å². The van der Waals surface area contributed by atoms with Crippen LogP contribution in [-0.2, 0) is 4.79 Å². The number of nitrogens with zero attached hydrogens (tertiary/aromatic N) is 2. The van der Waals surface area contributed by atoms with Gasteiger partial charge in [0.25, 0.3) is 5.91 Å². The molecule has 8 nitrogen and oxygen atoms in total. The average Bonchev–Trinajstić information content (AvgIpc) is 3.00. The quantitative estimate of drug-likeness (QED) is 0.667. The van der Waals surface area contributed by atoms with Crippen LogP contribution in [0.5, 0.6) is 5.75 Å². The fraction of sp³-hybridized carbons (Fsp3) is 0.125. The molecule has 8 heteroatoms. The van der Waals surface area contributed by atoms with E-state index in [0.717, 1.165) is 0 Å². The van der Waals surface area contributed by atoms with E-state index < -0.39 is 23.7 Å². The highest BCUT2D eigenvalue weighted by Gasteiger charge is 2.24. The molecule has 1 atom stereocenters. The lowest BCUT2D eigenvalue weighted by atomic mass is 10.1. The van der Waals surface area contributed by atoms with Gasteiger partial charge in [-0.1, -0.05) is 35.5 Å². The van der Waals surface area contributed by atoms with Gasteiger partial charge >= 0.3 is 5.97 Å². The highest BCUT2D eigenvalue weighted by atomic mass is 16.5. The number of amides is 1. The first-order chi connectivity index (χ1) is 11.5. The van der Waals surface area contributed by atoms with Crippen LogP contribution in [0, 0.1) is 0 Å². The van der Waals surface area contributed by atoms with Gasteiger partial charge in [0.1, 0.15) is 11.7 Å². The van der Waals surface area contributed by atoms with Gasteiger partial charge in [-0.15, -0.1) is 0 Å². The number of carbonyl (C=O) groups is 2. The summed E-state index contributed by atoms with van der Waals surface area (Å²) in [4.78, 5) is 26.8. The van der Waals surface area contributed by atoms with Crippen molar-refractivity contribution in [2.24, 2.45) is 0 Å². The number of hydrogen-bond acceptors (Lipinski definition) is 6. The molecule has 3 rings (SSSR count). The monoisotopic (exact) mass is 327 g/mol. The second-order valence-electron chi connectivity index (χ2n) is 5.13. The lowest BCUT2D eigenvalue weighted by Gasteiger charge is -2.09. The third-order valence-corrected chi connectivity index (χ3v) is 3.47. The molecule has 24 heavy (non-hydrogen) atoms. The fourth-order valence-corrected chi connectivity index (χ4v) is 2.21. The first-order valence-electron chi connectivity index (χ1n) is 7.05. The van der Waals surface area contributed by atoms with E-state index in [0.29, 0.717) is 11.3 Å². The molecule has 0 radical (unpaired) electrons. The number of aliphatic carboxylic acids is 1. The van der Waals surface area contributed by atoms with Gasteiger partial charge in [0.05, 0.1) is 11.6 Å². The fourth-order valence-electron chi connectivity index (χ4n) is 2.21. The van der Waals surface area contributed by atoms with Crippen molar-refractivity contribution in [2.75, 3.05) is 0 Å². The number of pyridine rings is 1. The first-order valence-corrected chi connectivity index (χ1v) is 7.05. The van der Waals surface area contributed by atoms with Crippen LogP contribution >= 0.6 is 0 Å². The van der Waals surface area contributed by atoms with E-state index in [4.69, 9.17) is 9.63 Å². The van der Waals surface area contributed by atoms with Crippen LogP contribution in [-0.4, -0.2) is 38.3 Å². The van der Waals surface area contributed by atoms with E-state index in [-0.39, 0.29) is 16.7 Å². The first kappa shape index (κ1) is 15.5. The van der Waals surface area contributed by atoms with E-state index in [2.05, 4.69) is 15.5 Å². The molecule has 2 aromatic heterocycles. The molecule has 2 heterocycles.